The summed E-state index contributed by atoms with van der Waals surface area (Å²) in [4.78, 5) is 18.3. The van der Waals surface area contributed by atoms with E-state index in [1.54, 1.807) is 0 Å². The number of hydrogen-bond donors (Lipinski definition) is 2. The van der Waals surface area contributed by atoms with Gasteiger partial charge in [0.2, 0.25) is 0 Å². The Morgan fingerprint density at radius 1 is 1.15 bits per heavy atom. The van der Waals surface area contributed by atoms with Crippen molar-refractivity contribution in [2.24, 2.45) is 5.41 Å². The quantitative estimate of drug-likeness (QED) is 0.308. The molecular formula is C34H40ClF4N7O2. The lowest BCUT2D eigenvalue weighted by Crippen LogP contribution is -2.59. The first-order valence-electron chi connectivity index (χ1n) is 16.8. The van der Waals surface area contributed by atoms with E-state index in [1.807, 2.05) is 13.8 Å². The van der Waals surface area contributed by atoms with E-state index < -0.39 is 34.2 Å². The predicted molar refractivity (Wildman–Crippen MR) is 175 cm³/mol. The highest BCUT2D eigenvalue weighted by atomic mass is 35.5. The van der Waals surface area contributed by atoms with Gasteiger partial charge in [-0.05, 0) is 61.6 Å². The molecule has 0 unspecified atom stereocenters. The van der Waals surface area contributed by atoms with Gasteiger partial charge in [0.05, 0.1) is 47.1 Å². The number of fused-ring (bicyclic) bond motifs is 5. The van der Waals surface area contributed by atoms with Crippen molar-refractivity contribution in [3.05, 3.63) is 33.6 Å². The zero-order valence-corrected chi connectivity index (χ0v) is 28.1. The van der Waals surface area contributed by atoms with Crippen molar-refractivity contribution >= 4 is 34.1 Å². The van der Waals surface area contributed by atoms with Crippen molar-refractivity contribution in [2.75, 3.05) is 56.6 Å². The molecular weight excluding hydrogens is 650 g/mol. The van der Waals surface area contributed by atoms with Crippen molar-refractivity contribution < 1.29 is 27.0 Å². The lowest BCUT2D eigenvalue weighted by Gasteiger charge is -2.43. The van der Waals surface area contributed by atoms with Crippen LogP contribution in [0.15, 0.2) is 6.07 Å². The Balaban J connectivity index is 1.32. The van der Waals surface area contributed by atoms with Crippen LogP contribution in [0.1, 0.15) is 62.6 Å². The van der Waals surface area contributed by atoms with Gasteiger partial charge in [0.25, 0.3) is 0 Å². The third kappa shape index (κ3) is 5.36. The number of anilines is 2. The van der Waals surface area contributed by atoms with Crippen molar-refractivity contribution in [3.8, 4) is 17.3 Å². The van der Waals surface area contributed by atoms with Gasteiger partial charge in [-0.1, -0.05) is 25.4 Å². The summed E-state index contributed by atoms with van der Waals surface area (Å²) >= 11 is 7.13. The third-order valence-corrected chi connectivity index (χ3v) is 11.5. The second-order valence-corrected chi connectivity index (χ2v) is 15.4. The summed E-state index contributed by atoms with van der Waals surface area (Å²) in [5, 5.41) is 4.01. The van der Waals surface area contributed by atoms with Gasteiger partial charge in [-0.3, -0.25) is 4.90 Å². The highest BCUT2D eigenvalue weighted by Gasteiger charge is 2.49. The first-order chi connectivity index (χ1) is 22.7. The number of nitrogens with two attached hydrogens (primary N) is 1. The molecule has 1 aliphatic carbocycles. The average molecular weight is 690 g/mol. The summed E-state index contributed by atoms with van der Waals surface area (Å²) in [5.41, 5.74) is 3.23. The molecule has 1 saturated carbocycles. The lowest BCUT2D eigenvalue weighted by molar-refractivity contribution is -0.137. The number of aryl methyl sites for hydroxylation is 1. The van der Waals surface area contributed by atoms with Crippen LogP contribution < -0.4 is 20.7 Å². The fourth-order valence-corrected chi connectivity index (χ4v) is 9.13. The number of nitrogen functional groups attached to an aromatic ring is 1. The fraction of sp³-hybridized carbons (Fsp3) is 0.618. The number of alkyl halides is 3. The van der Waals surface area contributed by atoms with Crippen LogP contribution >= 0.6 is 11.6 Å². The van der Waals surface area contributed by atoms with Crippen LogP contribution in [-0.4, -0.2) is 84.0 Å². The van der Waals surface area contributed by atoms with Crippen molar-refractivity contribution in [3.63, 3.8) is 0 Å². The van der Waals surface area contributed by atoms with E-state index in [4.69, 9.17) is 31.8 Å². The van der Waals surface area contributed by atoms with E-state index in [9.17, 15) is 13.2 Å². The van der Waals surface area contributed by atoms with Crippen LogP contribution in [0.3, 0.4) is 0 Å². The van der Waals surface area contributed by atoms with E-state index in [1.165, 1.54) is 6.92 Å². The largest absolute Gasteiger partial charge is 0.463 e. The number of rotatable bonds is 6. The summed E-state index contributed by atoms with van der Waals surface area (Å²) in [5.74, 6) is -0.660. The Morgan fingerprint density at radius 3 is 2.60 bits per heavy atom. The van der Waals surface area contributed by atoms with Crippen LogP contribution in [0.2, 0.25) is 5.02 Å². The number of nitrogens with one attached hydrogen (secondary N) is 1. The zero-order chi connectivity index (χ0) is 33.7. The third-order valence-electron chi connectivity index (χ3n) is 11.1. The summed E-state index contributed by atoms with van der Waals surface area (Å²) in [6, 6.07) is 1.54. The second-order valence-electron chi connectivity index (χ2n) is 15.0. The molecule has 258 valence electrons. The van der Waals surface area contributed by atoms with Gasteiger partial charge in [-0.2, -0.15) is 23.1 Å². The van der Waals surface area contributed by atoms with Gasteiger partial charge < -0.3 is 25.4 Å². The molecule has 2 bridgehead atoms. The number of halogens is 5. The summed E-state index contributed by atoms with van der Waals surface area (Å²) in [6.07, 6.45) is -0.259. The van der Waals surface area contributed by atoms with Gasteiger partial charge in [-0.15, -0.1) is 0 Å². The van der Waals surface area contributed by atoms with E-state index in [0.717, 1.165) is 51.4 Å². The summed E-state index contributed by atoms with van der Waals surface area (Å²) < 4.78 is 72.8. The number of morpholine rings is 1. The number of piperazine rings is 1. The molecule has 0 amide bonds. The minimum Gasteiger partial charge on any atom is -0.463 e. The molecule has 3 atom stereocenters. The van der Waals surface area contributed by atoms with Crippen LogP contribution in [-0.2, 0) is 16.3 Å². The summed E-state index contributed by atoms with van der Waals surface area (Å²) in [7, 11) is 0. The number of ether oxygens (including phenoxy) is 2. The van der Waals surface area contributed by atoms with Crippen LogP contribution in [0.5, 0.6) is 6.01 Å². The highest BCUT2D eigenvalue weighted by molar-refractivity contribution is 6.36. The van der Waals surface area contributed by atoms with Gasteiger partial charge in [0.1, 0.15) is 17.2 Å². The predicted octanol–water partition coefficient (Wildman–Crippen LogP) is 5.88. The van der Waals surface area contributed by atoms with Crippen molar-refractivity contribution in [1.29, 1.82) is 0 Å². The number of aromatic nitrogens is 3. The molecule has 1 aromatic carbocycles. The van der Waals surface area contributed by atoms with Gasteiger partial charge in [0, 0.05) is 49.7 Å². The minimum atomic E-state index is -4.84. The average Bonchev–Trinajstić information content (AvgIpc) is 3.68. The van der Waals surface area contributed by atoms with Crippen molar-refractivity contribution in [1.82, 2.24) is 25.2 Å². The van der Waals surface area contributed by atoms with E-state index in [-0.39, 0.29) is 51.5 Å². The van der Waals surface area contributed by atoms with E-state index >= 15 is 4.39 Å². The molecule has 5 aliphatic rings. The van der Waals surface area contributed by atoms with E-state index in [2.05, 4.69) is 25.1 Å². The molecule has 9 nitrogen and oxygen atoms in total. The lowest BCUT2D eigenvalue weighted by atomic mass is 9.76. The molecule has 14 heteroatoms. The van der Waals surface area contributed by atoms with Crippen molar-refractivity contribution in [2.45, 2.75) is 82.6 Å². The first kappa shape index (κ1) is 32.2. The normalized spacial score (nSPS) is 26.0. The maximum atomic E-state index is 17.2. The monoisotopic (exact) mass is 689 g/mol. The van der Waals surface area contributed by atoms with E-state index in [0.29, 0.717) is 49.6 Å². The SMILES string of the molecule is Cc1cc(N)nc(-c2c(Cl)c3c4c(nc(OCC5(CN6CCOCC6)CC5)nc4c2F)N2C[C@H]4CC[C@H](N4)[C@H]2CC3(C)C)c1C(F)(F)F. The number of nitrogens with zero attached hydrogens (tertiary/aromatic N) is 5. The van der Waals surface area contributed by atoms with Gasteiger partial charge >= 0.3 is 12.2 Å². The number of hydrogen-bond acceptors (Lipinski definition) is 9. The second kappa shape index (κ2) is 11.3. The maximum absolute atomic E-state index is 17.2. The molecule has 48 heavy (non-hydrogen) atoms. The minimum absolute atomic E-state index is 0.000899. The fourth-order valence-electron chi connectivity index (χ4n) is 8.60. The maximum Gasteiger partial charge on any atom is 0.418 e. The van der Waals surface area contributed by atoms with Crippen LogP contribution in [0.25, 0.3) is 22.2 Å². The highest BCUT2D eigenvalue weighted by Crippen LogP contribution is 2.54. The Hall–Kier alpha value is -3.00. The Labute approximate surface area is 281 Å². The molecule has 2 aromatic heterocycles. The molecule has 3 aromatic rings. The molecule has 8 rings (SSSR count). The molecule has 4 fully saturated rings. The van der Waals surface area contributed by atoms with Crippen LogP contribution in [0, 0.1) is 18.2 Å². The van der Waals surface area contributed by atoms with Gasteiger partial charge in [0.15, 0.2) is 5.82 Å². The Morgan fingerprint density at radius 2 is 1.90 bits per heavy atom. The molecule has 0 spiro atoms. The Bertz CT molecular complexity index is 1790. The Kier molecular flexibility index (Phi) is 7.56. The first-order valence-corrected chi connectivity index (χ1v) is 17.2. The topological polar surface area (TPSA) is 102 Å². The zero-order valence-electron chi connectivity index (χ0n) is 27.3. The molecule has 6 heterocycles. The molecule has 3 N–H and O–H groups in total. The molecule has 3 saturated heterocycles. The molecule has 4 aliphatic heterocycles. The van der Waals surface area contributed by atoms with Gasteiger partial charge in [-0.25, -0.2) is 9.37 Å². The summed E-state index contributed by atoms with van der Waals surface area (Å²) in [6.45, 7) is 10.2. The van der Waals surface area contributed by atoms with Crippen LogP contribution in [0.4, 0.5) is 29.2 Å². The standard InChI is InChI=1S/C34H40ClF4N7O2/c1-17-12-21(40)42-28(24(17)34(37,38)39)23-26(35)25-22-29(27(23)36)43-31(48-16-33(6-7-33)15-45-8-10-47-11-9-45)44-30(22)46-14-18-4-5-19(41-18)20(46)13-32(25,2)3/h12,18-20,41H,4-11,13-16H2,1-3H3,(H2,40,42)/t18-,19+,20-/m1/s1. The smallest absolute Gasteiger partial charge is 0.418 e. The number of pyridine rings is 1. The molecule has 0 radical (unpaired) electrons. The number of benzene rings is 1.